The summed E-state index contributed by atoms with van der Waals surface area (Å²) >= 11 is 0. The average Bonchev–Trinajstić information content (AvgIpc) is 2.84. The van der Waals surface area contributed by atoms with Crippen LogP contribution in [0.2, 0.25) is 0 Å². The normalized spacial score (nSPS) is 22.8. The third-order valence-electron chi connectivity index (χ3n) is 4.02. The average molecular weight is 279 g/mol. The van der Waals surface area contributed by atoms with Crippen molar-refractivity contribution in [3.8, 4) is 0 Å². The van der Waals surface area contributed by atoms with Gasteiger partial charge in [-0.05, 0) is 32.7 Å². The van der Waals surface area contributed by atoms with Crippen molar-refractivity contribution in [2.45, 2.75) is 46.1 Å². The number of amides is 1. The molecule has 1 saturated heterocycles. The molecule has 0 aliphatic carbocycles. The van der Waals surface area contributed by atoms with Crippen LogP contribution in [0.1, 0.15) is 44.3 Å². The molecule has 1 amide bonds. The lowest BCUT2D eigenvalue weighted by Gasteiger charge is -2.38. The van der Waals surface area contributed by atoms with Crippen LogP contribution in [0.3, 0.4) is 0 Å². The van der Waals surface area contributed by atoms with Gasteiger partial charge in [-0.25, -0.2) is 4.98 Å². The molecule has 0 radical (unpaired) electrons. The minimum absolute atomic E-state index is 0.217. The monoisotopic (exact) mass is 279 g/mol. The number of piperidine rings is 1. The third kappa shape index (κ3) is 3.17. The Labute approximate surface area is 120 Å². The summed E-state index contributed by atoms with van der Waals surface area (Å²) in [4.78, 5) is 18.9. The molecule has 6 heteroatoms. The molecule has 0 bridgehead atoms. The fourth-order valence-corrected chi connectivity index (χ4v) is 3.10. The highest BCUT2D eigenvalue weighted by atomic mass is 16.2. The number of aromatic amines is 1. The number of aryl methyl sites for hydroxylation is 1. The summed E-state index contributed by atoms with van der Waals surface area (Å²) in [5, 5.41) is 10.3. The van der Waals surface area contributed by atoms with E-state index < -0.39 is 0 Å². The van der Waals surface area contributed by atoms with Crippen molar-refractivity contribution in [1.82, 2.24) is 25.4 Å². The molecule has 6 nitrogen and oxygen atoms in total. The number of carbonyl (C=O) groups is 1. The maximum absolute atomic E-state index is 12.8. The van der Waals surface area contributed by atoms with Crippen molar-refractivity contribution in [3.05, 3.63) is 11.6 Å². The van der Waals surface area contributed by atoms with Crippen LogP contribution < -0.4 is 5.32 Å². The largest absolute Gasteiger partial charge is 0.338 e. The second kappa shape index (κ2) is 6.35. The van der Waals surface area contributed by atoms with Gasteiger partial charge in [0.1, 0.15) is 5.82 Å². The van der Waals surface area contributed by atoms with Gasteiger partial charge < -0.3 is 10.2 Å². The number of nitrogens with one attached hydrogen (secondary N) is 2. The highest BCUT2D eigenvalue weighted by molar-refractivity contribution is 5.82. The van der Waals surface area contributed by atoms with Crippen LogP contribution in [0.25, 0.3) is 0 Å². The first-order valence-electron chi connectivity index (χ1n) is 7.41. The van der Waals surface area contributed by atoms with Crippen molar-refractivity contribution >= 4 is 5.91 Å². The molecule has 1 unspecified atom stereocenters. The second-order valence-electron chi connectivity index (χ2n) is 5.81. The van der Waals surface area contributed by atoms with Gasteiger partial charge in [-0.3, -0.25) is 9.89 Å². The van der Waals surface area contributed by atoms with Crippen LogP contribution in [0.15, 0.2) is 0 Å². The quantitative estimate of drug-likeness (QED) is 0.850. The fraction of sp³-hybridized carbons (Fsp3) is 0.786. The molecule has 2 rings (SSSR count). The number of aromatic nitrogens is 3. The van der Waals surface area contributed by atoms with E-state index in [4.69, 9.17) is 0 Å². The molecule has 1 atom stereocenters. The summed E-state index contributed by atoms with van der Waals surface area (Å²) in [5.41, 5.74) is -0.243. The highest BCUT2D eigenvalue weighted by Gasteiger charge is 2.40. The summed E-state index contributed by atoms with van der Waals surface area (Å²) in [7, 11) is 1.85. The molecular weight excluding hydrogens is 254 g/mol. The molecule has 0 spiro atoms. The molecule has 0 saturated carbocycles. The molecule has 112 valence electrons. The Bertz CT molecular complexity index is 445. The van der Waals surface area contributed by atoms with Gasteiger partial charge in [-0.15, -0.1) is 0 Å². The first-order chi connectivity index (χ1) is 9.57. The number of rotatable bonds is 5. The van der Waals surface area contributed by atoms with Gasteiger partial charge in [0.05, 0.1) is 12.0 Å². The van der Waals surface area contributed by atoms with Crippen molar-refractivity contribution in [1.29, 1.82) is 0 Å². The summed E-state index contributed by atoms with van der Waals surface area (Å²) in [6, 6.07) is 0. The van der Waals surface area contributed by atoms with E-state index in [1.807, 2.05) is 14.0 Å². The Morgan fingerprint density at radius 3 is 2.85 bits per heavy atom. The zero-order valence-corrected chi connectivity index (χ0v) is 12.7. The van der Waals surface area contributed by atoms with Crippen LogP contribution in [-0.2, 0) is 11.3 Å². The van der Waals surface area contributed by atoms with Crippen molar-refractivity contribution in [3.63, 3.8) is 0 Å². The zero-order chi connectivity index (χ0) is 14.6. The first kappa shape index (κ1) is 15.0. The molecule has 2 heterocycles. The SMILES string of the molecule is CCCC1(C(=O)N(C)Cc2n[nH]c(C)n2)CCCNC1. The number of hydrogen-bond acceptors (Lipinski definition) is 4. The maximum Gasteiger partial charge on any atom is 0.230 e. The molecule has 1 aromatic heterocycles. The maximum atomic E-state index is 12.8. The second-order valence-corrected chi connectivity index (χ2v) is 5.81. The molecule has 20 heavy (non-hydrogen) atoms. The Hall–Kier alpha value is -1.43. The smallest absolute Gasteiger partial charge is 0.230 e. The first-order valence-corrected chi connectivity index (χ1v) is 7.41. The van der Waals surface area contributed by atoms with Crippen molar-refractivity contribution in [2.24, 2.45) is 5.41 Å². The number of carbonyl (C=O) groups excluding carboxylic acids is 1. The van der Waals surface area contributed by atoms with Crippen LogP contribution in [0.5, 0.6) is 0 Å². The standard InChI is InChI=1S/C14H25N5O/c1-4-6-14(7-5-8-15-10-14)13(20)19(3)9-12-16-11(2)17-18-12/h15H,4-10H2,1-3H3,(H,16,17,18). The van der Waals surface area contributed by atoms with Crippen LogP contribution >= 0.6 is 0 Å². The summed E-state index contributed by atoms with van der Waals surface area (Å²) in [5.74, 6) is 1.67. The van der Waals surface area contributed by atoms with E-state index in [1.165, 1.54) is 0 Å². The zero-order valence-electron chi connectivity index (χ0n) is 12.7. The van der Waals surface area contributed by atoms with Gasteiger partial charge in [0.2, 0.25) is 5.91 Å². The summed E-state index contributed by atoms with van der Waals surface area (Å²) in [6.45, 7) is 6.28. The highest BCUT2D eigenvalue weighted by Crippen LogP contribution is 2.33. The van der Waals surface area contributed by atoms with Gasteiger partial charge in [-0.2, -0.15) is 5.10 Å². The lowest BCUT2D eigenvalue weighted by atomic mass is 9.76. The molecule has 1 aromatic rings. The Kier molecular flexibility index (Phi) is 4.75. The van der Waals surface area contributed by atoms with Gasteiger partial charge in [0, 0.05) is 13.6 Å². The van der Waals surface area contributed by atoms with Gasteiger partial charge >= 0.3 is 0 Å². The van der Waals surface area contributed by atoms with E-state index in [2.05, 4.69) is 27.4 Å². The van der Waals surface area contributed by atoms with E-state index in [-0.39, 0.29) is 11.3 Å². The molecule has 2 N–H and O–H groups in total. The van der Waals surface area contributed by atoms with E-state index in [1.54, 1.807) is 4.90 Å². The lowest BCUT2D eigenvalue weighted by Crippen LogP contribution is -2.50. The number of hydrogen-bond donors (Lipinski definition) is 2. The van der Waals surface area contributed by atoms with E-state index >= 15 is 0 Å². The van der Waals surface area contributed by atoms with Crippen molar-refractivity contribution < 1.29 is 4.79 Å². The van der Waals surface area contributed by atoms with E-state index in [0.29, 0.717) is 12.4 Å². The summed E-state index contributed by atoms with van der Waals surface area (Å²) < 4.78 is 0. The van der Waals surface area contributed by atoms with Gasteiger partial charge in [-0.1, -0.05) is 13.3 Å². The van der Waals surface area contributed by atoms with Crippen LogP contribution in [0, 0.1) is 12.3 Å². The third-order valence-corrected chi connectivity index (χ3v) is 4.02. The van der Waals surface area contributed by atoms with Gasteiger partial charge in [0.15, 0.2) is 5.82 Å². The summed E-state index contributed by atoms with van der Waals surface area (Å²) in [6.07, 6.45) is 4.01. The van der Waals surface area contributed by atoms with Gasteiger partial charge in [0.25, 0.3) is 0 Å². The van der Waals surface area contributed by atoms with Crippen LogP contribution in [-0.4, -0.2) is 46.1 Å². The molecule has 1 aliphatic heterocycles. The number of H-pyrrole nitrogens is 1. The predicted octanol–water partition coefficient (Wildman–Crippen LogP) is 1.24. The van der Waals surface area contributed by atoms with Crippen molar-refractivity contribution in [2.75, 3.05) is 20.1 Å². The predicted molar refractivity (Wildman–Crippen MR) is 77.0 cm³/mol. The molecule has 0 aromatic carbocycles. The molecule has 1 aliphatic rings. The fourth-order valence-electron chi connectivity index (χ4n) is 3.10. The Morgan fingerprint density at radius 2 is 2.30 bits per heavy atom. The lowest BCUT2D eigenvalue weighted by molar-refractivity contribution is -0.143. The molecule has 1 fully saturated rings. The Morgan fingerprint density at radius 1 is 1.50 bits per heavy atom. The molecular formula is C14H25N5O. The topological polar surface area (TPSA) is 73.9 Å². The van der Waals surface area contributed by atoms with Crippen LogP contribution in [0.4, 0.5) is 0 Å². The van der Waals surface area contributed by atoms with E-state index in [0.717, 1.165) is 44.6 Å². The van der Waals surface area contributed by atoms with E-state index in [9.17, 15) is 4.79 Å². The number of nitrogens with zero attached hydrogens (tertiary/aromatic N) is 3. The Balaban J connectivity index is 2.06. The minimum atomic E-state index is -0.243. The minimum Gasteiger partial charge on any atom is -0.338 e.